The van der Waals surface area contributed by atoms with Gasteiger partial charge < -0.3 is 5.32 Å². The Morgan fingerprint density at radius 3 is 2.16 bits per heavy atom. The summed E-state index contributed by atoms with van der Waals surface area (Å²) in [6.07, 6.45) is 5.85. The van der Waals surface area contributed by atoms with Gasteiger partial charge in [-0.2, -0.15) is 0 Å². The molecule has 7 heteroatoms. The molecule has 3 rings (SSSR count). The van der Waals surface area contributed by atoms with Crippen LogP contribution in [0.15, 0.2) is 12.1 Å². The highest BCUT2D eigenvalue weighted by atomic mass is 35.5. The van der Waals surface area contributed by atoms with Crippen molar-refractivity contribution in [1.29, 1.82) is 0 Å². The maximum Gasteiger partial charge on any atom is 0.262 e. The molecule has 1 heterocycles. The van der Waals surface area contributed by atoms with Gasteiger partial charge in [0.05, 0.1) is 21.2 Å². The minimum atomic E-state index is -0.881. The molecule has 1 N–H and O–H groups in total. The lowest BCUT2D eigenvalue weighted by Crippen LogP contribution is -2.48. The van der Waals surface area contributed by atoms with Crippen molar-refractivity contribution in [1.82, 2.24) is 10.2 Å². The highest BCUT2D eigenvalue weighted by Crippen LogP contribution is 2.32. The molecule has 0 unspecified atom stereocenters. The summed E-state index contributed by atoms with van der Waals surface area (Å²) >= 11 is 11.9. The normalized spacial score (nSPS) is 19.1. The van der Waals surface area contributed by atoms with Crippen molar-refractivity contribution < 1.29 is 14.4 Å². The average molecular weight is 383 g/mol. The molecule has 1 aliphatic carbocycles. The number of halogens is 2. The molecule has 0 radical (unpaired) electrons. The van der Waals surface area contributed by atoms with E-state index >= 15 is 0 Å². The number of carbonyl (C=O) groups is 3. The number of nitrogens with zero attached hydrogens (tertiary/aromatic N) is 1. The molecule has 1 aliphatic heterocycles. The lowest BCUT2D eigenvalue weighted by molar-refractivity contribution is -0.124. The van der Waals surface area contributed by atoms with Crippen LogP contribution in [0.2, 0.25) is 10.0 Å². The third-order valence-corrected chi connectivity index (χ3v) is 5.74. The molecule has 0 spiro atoms. The quantitative estimate of drug-likeness (QED) is 0.807. The first-order valence-corrected chi connectivity index (χ1v) is 9.30. The molecule has 25 heavy (non-hydrogen) atoms. The van der Waals surface area contributed by atoms with Crippen molar-refractivity contribution in [3.8, 4) is 0 Å². The first kappa shape index (κ1) is 18.2. The van der Waals surface area contributed by atoms with Crippen LogP contribution in [0.3, 0.4) is 0 Å². The number of amides is 3. The van der Waals surface area contributed by atoms with E-state index in [1.165, 1.54) is 31.4 Å². The Balaban J connectivity index is 1.69. The van der Waals surface area contributed by atoms with Gasteiger partial charge in [-0.1, -0.05) is 42.5 Å². The van der Waals surface area contributed by atoms with Crippen molar-refractivity contribution in [3.63, 3.8) is 0 Å². The van der Waals surface area contributed by atoms with Gasteiger partial charge in [0.25, 0.3) is 11.8 Å². The number of rotatable bonds is 4. The minimum Gasteiger partial charge on any atom is -0.354 e. The van der Waals surface area contributed by atoms with Gasteiger partial charge >= 0.3 is 0 Å². The van der Waals surface area contributed by atoms with E-state index < -0.39 is 17.9 Å². The van der Waals surface area contributed by atoms with Gasteiger partial charge in [0.15, 0.2) is 0 Å². The molecule has 0 aromatic heterocycles. The summed E-state index contributed by atoms with van der Waals surface area (Å²) < 4.78 is 0. The Kier molecular flexibility index (Phi) is 5.35. The number of benzene rings is 1. The molecular formula is C18H20Cl2N2O3. The van der Waals surface area contributed by atoms with Crippen LogP contribution in [-0.4, -0.2) is 35.2 Å². The topological polar surface area (TPSA) is 66.5 Å². The molecule has 3 amide bonds. The van der Waals surface area contributed by atoms with E-state index in [0.717, 1.165) is 17.7 Å². The molecule has 0 bridgehead atoms. The van der Waals surface area contributed by atoms with E-state index in [-0.39, 0.29) is 27.1 Å². The molecule has 1 saturated carbocycles. The Morgan fingerprint density at radius 2 is 1.64 bits per heavy atom. The van der Waals surface area contributed by atoms with Crippen LogP contribution < -0.4 is 5.32 Å². The fourth-order valence-corrected chi connectivity index (χ4v) is 3.83. The monoisotopic (exact) mass is 382 g/mol. The summed E-state index contributed by atoms with van der Waals surface area (Å²) in [7, 11) is 0. The van der Waals surface area contributed by atoms with Gasteiger partial charge in [0.1, 0.15) is 6.04 Å². The number of carbonyl (C=O) groups excluding carboxylic acids is 3. The first-order chi connectivity index (χ1) is 11.9. The molecule has 5 nitrogen and oxygen atoms in total. The Labute approximate surface area is 156 Å². The molecule has 1 atom stereocenters. The van der Waals surface area contributed by atoms with Gasteiger partial charge in [-0.25, -0.2) is 0 Å². The summed E-state index contributed by atoms with van der Waals surface area (Å²) in [5.41, 5.74) is 0.373. The fourth-order valence-electron chi connectivity index (χ4n) is 3.51. The van der Waals surface area contributed by atoms with Crippen molar-refractivity contribution in [2.24, 2.45) is 5.92 Å². The van der Waals surface area contributed by atoms with E-state index in [9.17, 15) is 14.4 Å². The van der Waals surface area contributed by atoms with E-state index in [1.807, 2.05) is 0 Å². The molecular weight excluding hydrogens is 363 g/mol. The van der Waals surface area contributed by atoms with Crippen molar-refractivity contribution in [2.45, 2.75) is 45.1 Å². The Hall–Kier alpha value is -1.59. The molecule has 1 aromatic carbocycles. The van der Waals surface area contributed by atoms with E-state index in [2.05, 4.69) is 5.32 Å². The van der Waals surface area contributed by atoms with Crippen molar-refractivity contribution in [3.05, 3.63) is 33.3 Å². The number of hydrogen-bond acceptors (Lipinski definition) is 3. The summed E-state index contributed by atoms with van der Waals surface area (Å²) in [6.45, 7) is 2.14. The van der Waals surface area contributed by atoms with Gasteiger partial charge in [0.2, 0.25) is 5.91 Å². The molecule has 134 valence electrons. The Morgan fingerprint density at radius 1 is 1.12 bits per heavy atom. The average Bonchev–Trinajstić information content (AvgIpc) is 2.84. The second-order valence-electron chi connectivity index (χ2n) is 6.72. The summed E-state index contributed by atoms with van der Waals surface area (Å²) in [6, 6.07) is 1.88. The van der Waals surface area contributed by atoms with Crippen LogP contribution in [0.1, 0.15) is 59.7 Å². The van der Waals surface area contributed by atoms with Gasteiger partial charge in [-0.3, -0.25) is 19.3 Å². The van der Waals surface area contributed by atoms with Crippen LogP contribution in [0.5, 0.6) is 0 Å². The number of imide groups is 1. The summed E-state index contributed by atoms with van der Waals surface area (Å²) in [5, 5.41) is 3.30. The lowest BCUT2D eigenvalue weighted by Gasteiger charge is -2.25. The van der Waals surface area contributed by atoms with E-state index in [4.69, 9.17) is 23.2 Å². The minimum absolute atomic E-state index is 0.186. The predicted octanol–water partition coefficient (Wildman–Crippen LogP) is 3.67. The standard InChI is InChI=1S/C18H20Cl2N2O3/c1-10(16(23)21-9-11-5-3-2-4-6-11)22-17(24)12-7-14(19)15(20)8-13(12)18(22)25/h7-8,10-11H,2-6,9H2,1H3,(H,21,23)/t10-/m1/s1. The zero-order valence-electron chi connectivity index (χ0n) is 14.0. The highest BCUT2D eigenvalue weighted by Gasteiger charge is 2.41. The second-order valence-corrected chi connectivity index (χ2v) is 7.53. The molecule has 0 saturated heterocycles. The van der Waals surface area contributed by atoms with E-state index in [1.54, 1.807) is 6.92 Å². The third kappa shape index (κ3) is 3.53. The van der Waals surface area contributed by atoms with Crippen LogP contribution in [-0.2, 0) is 4.79 Å². The maximum atomic E-state index is 12.5. The van der Waals surface area contributed by atoms with Crippen molar-refractivity contribution >= 4 is 40.9 Å². The predicted molar refractivity (Wildman–Crippen MR) is 96.0 cm³/mol. The van der Waals surface area contributed by atoms with Crippen LogP contribution in [0.4, 0.5) is 0 Å². The van der Waals surface area contributed by atoms with Crippen molar-refractivity contribution in [2.75, 3.05) is 6.54 Å². The number of fused-ring (bicyclic) bond motifs is 1. The SMILES string of the molecule is C[C@H](C(=O)NCC1CCCCC1)N1C(=O)c2cc(Cl)c(Cl)cc2C1=O. The van der Waals surface area contributed by atoms with Gasteiger partial charge in [-0.05, 0) is 37.8 Å². The van der Waals surface area contributed by atoms with Gasteiger partial charge in [0, 0.05) is 6.54 Å². The summed E-state index contributed by atoms with van der Waals surface area (Å²) in [5.74, 6) is -0.875. The smallest absolute Gasteiger partial charge is 0.262 e. The molecule has 1 fully saturated rings. The van der Waals surface area contributed by atoms with E-state index in [0.29, 0.717) is 12.5 Å². The number of nitrogens with one attached hydrogen (secondary N) is 1. The van der Waals surface area contributed by atoms with Crippen LogP contribution in [0, 0.1) is 5.92 Å². The Bertz CT molecular complexity index is 688. The zero-order chi connectivity index (χ0) is 18.1. The second kappa shape index (κ2) is 7.34. The fraction of sp³-hybridized carbons (Fsp3) is 0.500. The maximum absolute atomic E-state index is 12.5. The third-order valence-electron chi connectivity index (χ3n) is 5.02. The number of hydrogen-bond donors (Lipinski definition) is 1. The molecule has 2 aliphatic rings. The van der Waals surface area contributed by atoms with Gasteiger partial charge in [-0.15, -0.1) is 0 Å². The lowest BCUT2D eigenvalue weighted by atomic mass is 9.89. The first-order valence-electron chi connectivity index (χ1n) is 8.54. The molecule has 1 aromatic rings. The van der Waals surface area contributed by atoms with Crippen LogP contribution in [0.25, 0.3) is 0 Å². The zero-order valence-corrected chi connectivity index (χ0v) is 15.5. The highest BCUT2D eigenvalue weighted by molar-refractivity contribution is 6.43. The largest absolute Gasteiger partial charge is 0.354 e. The van der Waals surface area contributed by atoms with Crippen LogP contribution >= 0.6 is 23.2 Å². The summed E-state index contributed by atoms with van der Waals surface area (Å²) in [4.78, 5) is 38.5.